The summed E-state index contributed by atoms with van der Waals surface area (Å²) in [5.41, 5.74) is 1.32. The Morgan fingerprint density at radius 1 is 1.03 bits per heavy atom. The molecule has 1 heterocycles. The molecule has 8 nitrogen and oxygen atoms in total. The van der Waals surface area contributed by atoms with Crippen LogP contribution in [0.4, 0.5) is 5.69 Å². The molecular weight excluding hydrogens is 430 g/mol. The van der Waals surface area contributed by atoms with Gasteiger partial charge in [0.25, 0.3) is 11.8 Å². The van der Waals surface area contributed by atoms with Gasteiger partial charge < -0.3 is 15.4 Å². The monoisotopic (exact) mass is 459 g/mol. The van der Waals surface area contributed by atoms with Crippen molar-refractivity contribution in [3.8, 4) is 5.75 Å². The zero-order valence-corrected chi connectivity index (χ0v) is 19.2. The topological polar surface area (TPSA) is 105 Å². The molecule has 0 saturated carbocycles. The van der Waals surface area contributed by atoms with Crippen LogP contribution in [0, 0.1) is 6.92 Å². The summed E-state index contributed by atoms with van der Waals surface area (Å²) in [4.78, 5) is 24.6. The van der Waals surface area contributed by atoms with Gasteiger partial charge in [0.2, 0.25) is 10.0 Å². The lowest BCUT2D eigenvalue weighted by Gasteiger charge is -2.21. The highest BCUT2D eigenvalue weighted by atomic mass is 32.2. The predicted octanol–water partition coefficient (Wildman–Crippen LogP) is 2.94. The summed E-state index contributed by atoms with van der Waals surface area (Å²) in [7, 11) is -2.13. The second-order valence-electron chi connectivity index (χ2n) is 7.71. The van der Waals surface area contributed by atoms with Crippen LogP contribution in [-0.4, -0.2) is 51.3 Å². The Morgan fingerprint density at radius 3 is 2.41 bits per heavy atom. The third-order valence-corrected chi connectivity index (χ3v) is 7.41. The highest BCUT2D eigenvalue weighted by Gasteiger charge is 2.27. The minimum absolute atomic E-state index is 0.197. The van der Waals surface area contributed by atoms with Crippen molar-refractivity contribution in [3.63, 3.8) is 0 Å². The van der Waals surface area contributed by atoms with Crippen LogP contribution in [0.1, 0.15) is 41.6 Å². The number of hydrogen-bond acceptors (Lipinski definition) is 5. The normalized spacial score (nSPS) is 14.9. The number of amides is 2. The van der Waals surface area contributed by atoms with Crippen molar-refractivity contribution >= 4 is 27.5 Å². The Kier molecular flexibility index (Phi) is 7.87. The molecule has 1 aliphatic heterocycles. The summed E-state index contributed by atoms with van der Waals surface area (Å²) in [5, 5.41) is 5.21. The number of carbonyl (C=O) groups is 2. The summed E-state index contributed by atoms with van der Waals surface area (Å²) in [6.45, 7) is 2.44. The lowest BCUT2D eigenvalue weighted by atomic mass is 10.2. The van der Waals surface area contributed by atoms with Gasteiger partial charge in [-0.05, 0) is 49.6 Å². The first kappa shape index (κ1) is 23.7. The molecule has 0 atom stereocenters. The van der Waals surface area contributed by atoms with Gasteiger partial charge in [-0.3, -0.25) is 9.59 Å². The van der Waals surface area contributed by atoms with Crippen LogP contribution >= 0.6 is 0 Å². The number of carbonyl (C=O) groups excluding carboxylic acids is 2. The van der Waals surface area contributed by atoms with Crippen molar-refractivity contribution in [2.24, 2.45) is 0 Å². The number of anilines is 1. The number of ether oxygens (including phenoxy) is 1. The lowest BCUT2D eigenvalue weighted by Crippen LogP contribution is -2.32. The summed E-state index contributed by atoms with van der Waals surface area (Å²) in [6, 6.07) is 11.5. The van der Waals surface area contributed by atoms with E-state index in [1.807, 2.05) is 0 Å². The van der Waals surface area contributed by atoms with E-state index in [-0.39, 0.29) is 23.2 Å². The molecule has 172 valence electrons. The predicted molar refractivity (Wildman–Crippen MR) is 122 cm³/mol. The van der Waals surface area contributed by atoms with Crippen molar-refractivity contribution in [3.05, 3.63) is 53.6 Å². The molecule has 1 fully saturated rings. The Balaban J connectivity index is 1.71. The smallest absolute Gasteiger partial charge is 0.262 e. The van der Waals surface area contributed by atoms with Crippen LogP contribution in [0.2, 0.25) is 0 Å². The fraction of sp³-hybridized carbons (Fsp3) is 0.391. The molecule has 0 unspecified atom stereocenters. The maximum Gasteiger partial charge on any atom is 0.262 e. The van der Waals surface area contributed by atoms with E-state index in [0.29, 0.717) is 29.9 Å². The van der Waals surface area contributed by atoms with Gasteiger partial charge in [-0.15, -0.1) is 0 Å². The fourth-order valence-corrected chi connectivity index (χ4v) is 5.40. The van der Waals surface area contributed by atoms with Crippen molar-refractivity contribution < 1.29 is 22.7 Å². The summed E-state index contributed by atoms with van der Waals surface area (Å²) >= 11 is 0. The number of rotatable bonds is 7. The largest absolute Gasteiger partial charge is 0.483 e. The molecule has 2 amide bonds. The molecule has 0 spiro atoms. The van der Waals surface area contributed by atoms with Gasteiger partial charge in [0.15, 0.2) is 6.61 Å². The molecule has 0 radical (unpaired) electrons. The first-order valence-corrected chi connectivity index (χ1v) is 12.1. The van der Waals surface area contributed by atoms with Gasteiger partial charge in [0, 0.05) is 25.8 Å². The highest BCUT2D eigenvalue weighted by Crippen LogP contribution is 2.26. The maximum absolute atomic E-state index is 13.2. The average Bonchev–Trinajstić information content (AvgIpc) is 3.09. The van der Waals surface area contributed by atoms with Gasteiger partial charge in [-0.1, -0.05) is 31.0 Å². The van der Waals surface area contributed by atoms with Crippen molar-refractivity contribution in [2.75, 3.05) is 32.1 Å². The highest BCUT2D eigenvalue weighted by molar-refractivity contribution is 7.89. The fourth-order valence-electron chi connectivity index (χ4n) is 3.63. The average molecular weight is 460 g/mol. The van der Waals surface area contributed by atoms with E-state index in [4.69, 9.17) is 4.74 Å². The zero-order chi connectivity index (χ0) is 23.1. The number of benzene rings is 2. The third-order valence-electron chi connectivity index (χ3n) is 5.37. The zero-order valence-electron chi connectivity index (χ0n) is 18.4. The molecule has 0 bridgehead atoms. The number of sulfonamides is 1. The van der Waals surface area contributed by atoms with Gasteiger partial charge in [-0.2, -0.15) is 4.31 Å². The van der Waals surface area contributed by atoms with Gasteiger partial charge in [0.1, 0.15) is 5.75 Å². The quantitative estimate of drug-likeness (QED) is 0.662. The van der Waals surface area contributed by atoms with Crippen LogP contribution in [-0.2, 0) is 14.8 Å². The van der Waals surface area contributed by atoms with Crippen molar-refractivity contribution in [2.45, 2.75) is 37.5 Å². The Hall–Kier alpha value is -2.91. The van der Waals surface area contributed by atoms with Gasteiger partial charge >= 0.3 is 0 Å². The summed E-state index contributed by atoms with van der Waals surface area (Å²) < 4.78 is 33.4. The van der Waals surface area contributed by atoms with E-state index in [1.165, 1.54) is 17.4 Å². The molecule has 2 aromatic rings. The minimum atomic E-state index is -3.64. The standard InChI is InChI=1S/C23H29N3O5S/c1-17-11-12-18(15-21(17)32(29,30)26-13-7-3-4-8-14-26)25-22(27)16-31-20-10-6-5-9-19(20)23(28)24-2/h5-6,9-12,15H,3-4,7-8,13-14,16H2,1-2H3,(H,24,28)(H,25,27). The first-order valence-electron chi connectivity index (χ1n) is 10.7. The number of aryl methyl sites for hydroxylation is 1. The van der Waals surface area contributed by atoms with Gasteiger partial charge in [0.05, 0.1) is 10.5 Å². The number of nitrogens with one attached hydrogen (secondary N) is 2. The molecule has 3 rings (SSSR count). The summed E-state index contributed by atoms with van der Waals surface area (Å²) in [5.74, 6) is -0.489. The van der Waals surface area contributed by atoms with Crippen LogP contribution in [0.25, 0.3) is 0 Å². The molecular formula is C23H29N3O5S. The van der Waals surface area contributed by atoms with Crippen molar-refractivity contribution in [1.29, 1.82) is 0 Å². The van der Waals surface area contributed by atoms with Gasteiger partial charge in [-0.25, -0.2) is 8.42 Å². The van der Waals surface area contributed by atoms with Crippen LogP contribution < -0.4 is 15.4 Å². The Bertz CT molecular complexity index is 1080. The molecule has 0 aliphatic carbocycles. The number of hydrogen-bond donors (Lipinski definition) is 2. The molecule has 1 saturated heterocycles. The van der Waals surface area contributed by atoms with Crippen LogP contribution in [0.5, 0.6) is 5.75 Å². The number of para-hydroxylation sites is 1. The Morgan fingerprint density at radius 2 is 1.72 bits per heavy atom. The SMILES string of the molecule is CNC(=O)c1ccccc1OCC(=O)Nc1ccc(C)c(S(=O)(=O)N2CCCCCC2)c1. The van der Waals surface area contributed by atoms with E-state index >= 15 is 0 Å². The van der Waals surface area contributed by atoms with Crippen LogP contribution in [0.15, 0.2) is 47.4 Å². The minimum Gasteiger partial charge on any atom is -0.483 e. The molecule has 1 aliphatic rings. The first-order chi connectivity index (χ1) is 15.3. The summed E-state index contributed by atoms with van der Waals surface area (Å²) in [6.07, 6.45) is 3.77. The third kappa shape index (κ3) is 5.66. The second-order valence-corrected chi connectivity index (χ2v) is 9.62. The van der Waals surface area contributed by atoms with E-state index < -0.39 is 15.9 Å². The number of nitrogens with zero attached hydrogens (tertiary/aromatic N) is 1. The maximum atomic E-state index is 13.2. The lowest BCUT2D eigenvalue weighted by molar-refractivity contribution is -0.118. The van der Waals surface area contributed by atoms with Crippen LogP contribution in [0.3, 0.4) is 0 Å². The molecule has 0 aromatic heterocycles. The van der Waals surface area contributed by atoms with E-state index in [9.17, 15) is 18.0 Å². The second kappa shape index (κ2) is 10.6. The van der Waals surface area contributed by atoms with E-state index in [1.54, 1.807) is 43.3 Å². The molecule has 9 heteroatoms. The molecule has 2 aromatic carbocycles. The van der Waals surface area contributed by atoms with E-state index in [2.05, 4.69) is 10.6 Å². The molecule has 32 heavy (non-hydrogen) atoms. The molecule has 2 N–H and O–H groups in total. The Labute approximate surface area is 189 Å². The van der Waals surface area contributed by atoms with E-state index in [0.717, 1.165) is 25.7 Å². The van der Waals surface area contributed by atoms with Crippen molar-refractivity contribution in [1.82, 2.24) is 9.62 Å².